The third-order valence-corrected chi connectivity index (χ3v) is 4.90. The Labute approximate surface area is 157 Å². The molecule has 0 spiro atoms. The number of likely N-dealkylation sites (N-methyl/N-ethyl adjacent to an activating group) is 1. The van der Waals surface area contributed by atoms with E-state index in [0.717, 1.165) is 5.76 Å². The van der Waals surface area contributed by atoms with E-state index in [9.17, 15) is 5.11 Å². The van der Waals surface area contributed by atoms with E-state index in [2.05, 4.69) is 28.9 Å². The van der Waals surface area contributed by atoms with Crippen LogP contribution < -0.4 is 10.0 Å². The molecule has 1 aliphatic rings. The van der Waals surface area contributed by atoms with E-state index in [1.54, 1.807) is 24.5 Å². The molecule has 1 atom stereocenters. The summed E-state index contributed by atoms with van der Waals surface area (Å²) >= 11 is 1.41. The van der Waals surface area contributed by atoms with Gasteiger partial charge >= 0.3 is 0 Å². The highest BCUT2D eigenvalue weighted by molar-refractivity contribution is 7.96. The number of phenolic OH excluding ortho intramolecular Hbond substituents is 1. The molecule has 1 saturated heterocycles. The molecule has 0 saturated carbocycles. The van der Waals surface area contributed by atoms with Gasteiger partial charge < -0.3 is 14.2 Å². The minimum atomic E-state index is -0.183. The maximum Gasteiger partial charge on any atom is 0.159 e. The van der Waals surface area contributed by atoms with Crippen LogP contribution in [0, 0.1) is 11.3 Å². The highest BCUT2D eigenvalue weighted by atomic mass is 32.2. The van der Waals surface area contributed by atoms with Crippen molar-refractivity contribution >= 4 is 23.7 Å². The molecule has 1 aromatic carbocycles. The second-order valence-corrected chi connectivity index (χ2v) is 7.27. The first-order valence-corrected chi connectivity index (χ1v) is 9.04. The Kier molecular flexibility index (Phi) is 5.52. The van der Waals surface area contributed by atoms with Crippen molar-refractivity contribution in [1.29, 1.82) is 5.26 Å². The Morgan fingerprint density at radius 1 is 1.50 bits per heavy atom. The Bertz CT molecular complexity index is 856. The standard InChI is InChI=1S/C18H21N5O2S/c1-11(2)13-7-14(25-10-13)9-20-18-17(22-26-23(18)3)21-15-6-4-5-12(8-19)16(15)24/h4-7,10-11,18,20,24H,9H2,1-3H3,(H,21,22). The van der Waals surface area contributed by atoms with Gasteiger partial charge in [-0.3, -0.25) is 5.32 Å². The van der Waals surface area contributed by atoms with Gasteiger partial charge in [0, 0.05) is 19.2 Å². The van der Waals surface area contributed by atoms with Crippen LogP contribution in [0.25, 0.3) is 0 Å². The van der Waals surface area contributed by atoms with Gasteiger partial charge in [0.05, 0.1) is 18.4 Å². The molecule has 136 valence electrons. The maximum absolute atomic E-state index is 10.2. The Balaban J connectivity index is 1.76. The monoisotopic (exact) mass is 371 g/mol. The summed E-state index contributed by atoms with van der Waals surface area (Å²) in [5.41, 5.74) is 1.72. The number of nitrogens with one attached hydrogen (secondary N) is 2. The maximum atomic E-state index is 10.2. The lowest BCUT2D eigenvalue weighted by atomic mass is 10.1. The number of amidine groups is 1. The first-order chi connectivity index (χ1) is 12.5. The molecule has 3 rings (SSSR count). The van der Waals surface area contributed by atoms with Gasteiger partial charge in [0.1, 0.15) is 29.5 Å². The van der Waals surface area contributed by atoms with Gasteiger partial charge in [-0.05, 0) is 29.7 Å². The predicted octanol–water partition coefficient (Wildman–Crippen LogP) is 3.22. The van der Waals surface area contributed by atoms with Crippen LogP contribution in [0.5, 0.6) is 5.75 Å². The summed E-state index contributed by atoms with van der Waals surface area (Å²) in [6.07, 6.45) is 1.60. The summed E-state index contributed by atoms with van der Waals surface area (Å²) in [4.78, 5) is 4.49. The number of furan rings is 1. The number of aromatic hydroxyl groups is 1. The summed E-state index contributed by atoms with van der Waals surface area (Å²) in [5.74, 6) is 1.81. The number of aliphatic imine (C=N–C) groups is 1. The van der Waals surface area contributed by atoms with Gasteiger partial charge in [0.25, 0.3) is 0 Å². The number of benzene rings is 1. The summed E-state index contributed by atoms with van der Waals surface area (Å²) in [6.45, 7) is 4.80. The molecular weight excluding hydrogens is 350 g/mol. The summed E-state index contributed by atoms with van der Waals surface area (Å²) in [5, 5.41) is 22.6. The van der Waals surface area contributed by atoms with E-state index in [1.165, 1.54) is 17.7 Å². The third kappa shape index (κ3) is 3.85. The number of phenols is 1. The molecule has 8 heteroatoms. The Hall–Kier alpha value is -2.47. The van der Waals surface area contributed by atoms with E-state index in [0.29, 0.717) is 24.0 Å². The van der Waals surface area contributed by atoms with Crippen LogP contribution in [0.1, 0.15) is 36.7 Å². The lowest BCUT2D eigenvalue weighted by Crippen LogP contribution is -2.42. The van der Waals surface area contributed by atoms with Gasteiger partial charge in [-0.25, -0.2) is 9.30 Å². The summed E-state index contributed by atoms with van der Waals surface area (Å²) in [6, 6.07) is 8.93. The second kappa shape index (κ2) is 7.83. The van der Waals surface area contributed by atoms with E-state index in [-0.39, 0.29) is 17.5 Å². The van der Waals surface area contributed by atoms with Crippen LogP contribution >= 0.6 is 12.1 Å². The van der Waals surface area contributed by atoms with Crippen molar-refractivity contribution in [3.8, 4) is 11.8 Å². The molecule has 1 fully saturated rings. The van der Waals surface area contributed by atoms with Gasteiger partial charge in [-0.2, -0.15) is 5.26 Å². The summed E-state index contributed by atoms with van der Waals surface area (Å²) < 4.78 is 10.7. The van der Waals surface area contributed by atoms with Crippen LogP contribution in [0.4, 0.5) is 5.69 Å². The molecule has 1 aromatic heterocycles. The number of rotatable bonds is 5. The van der Waals surface area contributed by atoms with Crippen molar-refractivity contribution in [2.24, 2.45) is 4.99 Å². The molecule has 3 N–H and O–H groups in total. The fraction of sp³-hybridized carbons (Fsp3) is 0.333. The van der Waals surface area contributed by atoms with Gasteiger partial charge in [-0.1, -0.05) is 19.9 Å². The number of nitriles is 1. The van der Waals surface area contributed by atoms with Crippen LogP contribution in [0.15, 0.2) is 39.9 Å². The third-order valence-electron chi connectivity index (χ3n) is 4.10. The zero-order valence-corrected chi connectivity index (χ0v) is 15.7. The largest absolute Gasteiger partial charge is 0.504 e. The van der Waals surface area contributed by atoms with Crippen LogP contribution in [-0.2, 0) is 6.54 Å². The first-order valence-electron chi connectivity index (χ1n) is 8.26. The topological polar surface area (TPSA) is 96.8 Å². The highest BCUT2D eigenvalue weighted by Crippen LogP contribution is 2.31. The lowest BCUT2D eigenvalue weighted by Gasteiger charge is -2.17. The molecule has 0 amide bonds. The zero-order chi connectivity index (χ0) is 18.7. The Morgan fingerprint density at radius 2 is 2.31 bits per heavy atom. The van der Waals surface area contributed by atoms with E-state index in [1.807, 2.05) is 23.5 Å². The molecular formula is C18H21N5O2S. The molecule has 0 bridgehead atoms. The van der Waals surface area contributed by atoms with Crippen molar-refractivity contribution < 1.29 is 9.52 Å². The molecule has 1 aliphatic heterocycles. The molecule has 7 nitrogen and oxygen atoms in total. The van der Waals surface area contributed by atoms with Crippen LogP contribution in [-0.4, -0.2) is 28.5 Å². The summed E-state index contributed by atoms with van der Waals surface area (Å²) in [7, 11) is 1.94. The van der Waals surface area contributed by atoms with E-state index in [4.69, 9.17) is 9.68 Å². The fourth-order valence-electron chi connectivity index (χ4n) is 2.54. The highest BCUT2D eigenvalue weighted by Gasteiger charge is 2.29. The lowest BCUT2D eigenvalue weighted by molar-refractivity contribution is 0.400. The van der Waals surface area contributed by atoms with Crippen molar-refractivity contribution in [1.82, 2.24) is 14.3 Å². The van der Waals surface area contributed by atoms with Crippen molar-refractivity contribution in [3.05, 3.63) is 47.4 Å². The van der Waals surface area contributed by atoms with Gasteiger partial charge in [0.2, 0.25) is 0 Å². The predicted molar refractivity (Wildman–Crippen MR) is 102 cm³/mol. The number of para-hydroxylation sites is 1. The van der Waals surface area contributed by atoms with Crippen molar-refractivity contribution in [3.63, 3.8) is 0 Å². The van der Waals surface area contributed by atoms with Crippen LogP contribution in [0.3, 0.4) is 0 Å². The van der Waals surface area contributed by atoms with Gasteiger partial charge in [-0.15, -0.1) is 0 Å². The van der Waals surface area contributed by atoms with Crippen molar-refractivity contribution in [2.45, 2.75) is 32.5 Å². The number of nitrogens with zero attached hydrogens (tertiary/aromatic N) is 3. The zero-order valence-electron chi connectivity index (χ0n) is 14.9. The van der Waals surface area contributed by atoms with E-state index >= 15 is 0 Å². The van der Waals surface area contributed by atoms with Gasteiger partial charge in [0.15, 0.2) is 5.75 Å². The second-order valence-electron chi connectivity index (χ2n) is 6.31. The van der Waals surface area contributed by atoms with Crippen molar-refractivity contribution in [2.75, 3.05) is 7.05 Å². The Morgan fingerprint density at radius 3 is 3.00 bits per heavy atom. The molecule has 26 heavy (non-hydrogen) atoms. The SMILES string of the molecule is CC(C)c1coc(CNC2C(=Nc3cccc(C#N)c3O)NSN2C)c1. The number of hydrogen-bond donors (Lipinski definition) is 3. The number of hydrogen-bond acceptors (Lipinski definition) is 7. The molecule has 0 radical (unpaired) electrons. The molecule has 2 aromatic rings. The molecule has 0 aliphatic carbocycles. The quantitative estimate of drug-likeness (QED) is 0.694. The fourth-order valence-corrected chi connectivity index (χ4v) is 3.22. The first kappa shape index (κ1) is 18.3. The average Bonchev–Trinajstić information content (AvgIpc) is 3.22. The molecule has 2 heterocycles. The van der Waals surface area contributed by atoms with E-state index < -0.39 is 0 Å². The normalized spacial score (nSPS) is 19.0. The average molecular weight is 371 g/mol. The smallest absolute Gasteiger partial charge is 0.159 e. The minimum absolute atomic E-state index is 0.116. The molecule has 1 unspecified atom stereocenters. The minimum Gasteiger partial charge on any atom is -0.504 e. The van der Waals surface area contributed by atoms with Crippen LogP contribution in [0.2, 0.25) is 0 Å².